The number of non-ortho nitro benzene ring substituents is 1. The van der Waals surface area contributed by atoms with Gasteiger partial charge in [0.05, 0.1) is 17.2 Å². The first-order valence-corrected chi connectivity index (χ1v) is 7.25. The van der Waals surface area contributed by atoms with Crippen molar-refractivity contribution in [3.8, 4) is 5.75 Å². The molecule has 23 heavy (non-hydrogen) atoms. The highest BCUT2D eigenvalue weighted by atomic mass is 16.6. The number of benzene rings is 2. The Morgan fingerprint density at radius 1 is 1.17 bits per heavy atom. The minimum absolute atomic E-state index is 0.0535. The number of hydrogen-bond acceptors (Lipinski definition) is 4. The van der Waals surface area contributed by atoms with Crippen molar-refractivity contribution < 1.29 is 14.5 Å². The van der Waals surface area contributed by atoms with Gasteiger partial charge in [-0.3, -0.25) is 14.9 Å². The third kappa shape index (κ3) is 4.54. The summed E-state index contributed by atoms with van der Waals surface area (Å²) in [7, 11) is 0. The maximum atomic E-state index is 12.2. The quantitative estimate of drug-likeness (QED) is 0.648. The van der Waals surface area contributed by atoms with Gasteiger partial charge in [0, 0.05) is 17.7 Å². The predicted octanol–water partition coefficient (Wildman–Crippen LogP) is 3.88. The van der Waals surface area contributed by atoms with E-state index in [1.165, 1.54) is 24.3 Å². The molecule has 0 unspecified atom stereocenters. The van der Waals surface area contributed by atoms with Crippen molar-refractivity contribution in [2.45, 2.75) is 13.8 Å². The fourth-order valence-corrected chi connectivity index (χ4v) is 1.88. The number of nitrogens with zero attached hydrogens (tertiary/aromatic N) is 1. The molecule has 0 aliphatic heterocycles. The van der Waals surface area contributed by atoms with E-state index in [-0.39, 0.29) is 11.6 Å². The molecule has 6 nitrogen and oxygen atoms in total. The number of amides is 1. The second kappa shape index (κ2) is 7.40. The van der Waals surface area contributed by atoms with Crippen LogP contribution in [0.25, 0.3) is 0 Å². The summed E-state index contributed by atoms with van der Waals surface area (Å²) in [6.07, 6.45) is 0. The van der Waals surface area contributed by atoms with Crippen molar-refractivity contribution in [1.82, 2.24) is 0 Å². The minimum atomic E-state index is -0.503. The number of ether oxygens (including phenoxy) is 1. The zero-order valence-corrected chi connectivity index (χ0v) is 13.0. The minimum Gasteiger partial charge on any atom is -0.491 e. The number of nitrogens with one attached hydrogen (secondary N) is 1. The largest absolute Gasteiger partial charge is 0.491 e. The first-order chi connectivity index (χ1) is 11.0. The molecule has 0 bridgehead atoms. The fourth-order valence-electron chi connectivity index (χ4n) is 1.88. The lowest BCUT2D eigenvalue weighted by Crippen LogP contribution is -2.13. The van der Waals surface area contributed by atoms with Crippen LogP contribution >= 0.6 is 0 Å². The van der Waals surface area contributed by atoms with Gasteiger partial charge in [-0.05, 0) is 30.2 Å². The summed E-state index contributed by atoms with van der Waals surface area (Å²) in [6, 6.07) is 12.6. The molecule has 0 heterocycles. The van der Waals surface area contributed by atoms with Crippen LogP contribution in [0.15, 0.2) is 48.5 Å². The molecule has 0 radical (unpaired) electrons. The van der Waals surface area contributed by atoms with E-state index >= 15 is 0 Å². The summed E-state index contributed by atoms with van der Waals surface area (Å²) < 4.78 is 5.68. The van der Waals surface area contributed by atoms with Crippen LogP contribution in [-0.2, 0) is 0 Å². The molecule has 1 amide bonds. The van der Waals surface area contributed by atoms with Crippen molar-refractivity contribution in [2.24, 2.45) is 5.92 Å². The number of nitro benzene ring substituents is 1. The number of para-hydroxylation sites is 2. The molecule has 1 N–H and O–H groups in total. The van der Waals surface area contributed by atoms with Gasteiger partial charge in [-0.2, -0.15) is 0 Å². The summed E-state index contributed by atoms with van der Waals surface area (Å²) in [5.74, 6) is 0.616. The first kappa shape index (κ1) is 16.5. The SMILES string of the molecule is CC(C)COc1ccccc1NC(=O)c1ccc([N+](=O)[O-])cc1. The number of rotatable bonds is 6. The zero-order chi connectivity index (χ0) is 16.8. The van der Waals surface area contributed by atoms with Crippen molar-refractivity contribution in [3.63, 3.8) is 0 Å². The van der Waals surface area contributed by atoms with E-state index in [9.17, 15) is 14.9 Å². The van der Waals surface area contributed by atoms with Gasteiger partial charge in [0.2, 0.25) is 0 Å². The molecular formula is C17H18N2O4. The van der Waals surface area contributed by atoms with Crippen molar-refractivity contribution in [3.05, 3.63) is 64.2 Å². The van der Waals surface area contributed by atoms with Crippen LogP contribution in [0, 0.1) is 16.0 Å². The second-order valence-electron chi connectivity index (χ2n) is 5.46. The van der Waals surface area contributed by atoms with Crippen LogP contribution in [0.3, 0.4) is 0 Å². The van der Waals surface area contributed by atoms with Gasteiger partial charge >= 0.3 is 0 Å². The Bertz CT molecular complexity index is 696. The summed E-state index contributed by atoms with van der Waals surface area (Å²) in [4.78, 5) is 22.4. The highest BCUT2D eigenvalue weighted by Gasteiger charge is 2.12. The van der Waals surface area contributed by atoms with Gasteiger partial charge in [-0.25, -0.2) is 0 Å². The average molecular weight is 314 g/mol. The number of carbonyl (C=O) groups excluding carboxylic acids is 1. The Hall–Kier alpha value is -2.89. The molecule has 0 atom stereocenters. The van der Waals surface area contributed by atoms with E-state index in [1.54, 1.807) is 18.2 Å². The average Bonchev–Trinajstić information content (AvgIpc) is 2.54. The number of hydrogen-bond donors (Lipinski definition) is 1. The standard InChI is InChI=1S/C17H18N2O4/c1-12(2)11-23-16-6-4-3-5-15(16)18-17(20)13-7-9-14(10-8-13)19(21)22/h3-10,12H,11H2,1-2H3,(H,18,20). The molecule has 120 valence electrons. The number of anilines is 1. The first-order valence-electron chi connectivity index (χ1n) is 7.25. The molecule has 2 aromatic carbocycles. The zero-order valence-electron chi connectivity index (χ0n) is 13.0. The van der Waals surface area contributed by atoms with E-state index in [1.807, 2.05) is 19.9 Å². The van der Waals surface area contributed by atoms with Crippen LogP contribution in [-0.4, -0.2) is 17.4 Å². The highest BCUT2D eigenvalue weighted by Crippen LogP contribution is 2.25. The maximum absolute atomic E-state index is 12.2. The third-order valence-corrected chi connectivity index (χ3v) is 3.05. The molecule has 0 saturated heterocycles. The molecule has 0 aliphatic rings. The van der Waals surface area contributed by atoms with Gasteiger partial charge in [0.25, 0.3) is 11.6 Å². The molecule has 0 saturated carbocycles. The maximum Gasteiger partial charge on any atom is 0.269 e. The van der Waals surface area contributed by atoms with Crippen LogP contribution in [0.1, 0.15) is 24.2 Å². The molecular weight excluding hydrogens is 296 g/mol. The monoisotopic (exact) mass is 314 g/mol. The number of carbonyl (C=O) groups is 1. The molecule has 2 aromatic rings. The van der Waals surface area contributed by atoms with Gasteiger partial charge in [0.1, 0.15) is 5.75 Å². The van der Waals surface area contributed by atoms with Crippen LogP contribution < -0.4 is 10.1 Å². The Kier molecular flexibility index (Phi) is 5.30. The fraction of sp³-hybridized carbons (Fsp3) is 0.235. The van der Waals surface area contributed by atoms with Crippen LogP contribution in [0.2, 0.25) is 0 Å². The van der Waals surface area contributed by atoms with Gasteiger partial charge in [0.15, 0.2) is 0 Å². The van der Waals surface area contributed by atoms with Crippen molar-refractivity contribution >= 4 is 17.3 Å². The Balaban J connectivity index is 2.12. The van der Waals surface area contributed by atoms with Crippen molar-refractivity contribution in [1.29, 1.82) is 0 Å². The van der Waals surface area contributed by atoms with Gasteiger partial charge < -0.3 is 10.1 Å². The van der Waals surface area contributed by atoms with Gasteiger partial charge in [-0.1, -0.05) is 26.0 Å². The lowest BCUT2D eigenvalue weighted by atomic mass is 10.2. The third-order valence-electron chi connectivity index (χ3n) is 3.05. The molecule has 0 aliphatic carbocycles. The predicted molar refractivity (Wildman–Crippen MR) is 87.8 cm³/mol. The summed E-state index contributed by atoms with van der Waals surface area (Å²) in [6.45, 7) is 4.63. The summed E-state index contributed by atoms with van der Waals surface area (Å²) >= 11 is 0. The van der Waals surface area contributed by atoms with Crippen LogP contribution in [0.5, 0.6) is 5.75 Å². The Morgan fingerprint density at radius 3 is 2.43 bits per heavy atom. The van der Waals surface area contributed by atoms with Gasteiger partial charge in [-0.15, -0.1) is 0 Å². The number of nitro groups is 1. The molecule has 2 rings (SSSR count). The van der Waals surface area contributed by atoms with E-state index in [4.69, 9.17) is 4.74 Å². The lowest BCUT2D eigenvalue weighted by molar-refractivity contribution is -0.384. The molecule has 0 fully saturated rings. The van der Waals surface area contributed by atoms with Crippen LogP contribution in [0.4, 0.5) is 11.4 Å². The topological polar surface area (TPSA) is 81.5 Å². The summed E-state index contributed by atoms with van der Waals surface area (Å²) in [5.41, 5.74) is 0.855. The molecule has 0 aromatic heterocycles. The molecule has 6 heteroatoms. The second-order valence-corrected chi connectivity index (χ2v) is 5.46. The summed E-state index contributed by atoms with van der Waals surface area (Å²) in [5, 5.41) is 13.4. The smallest absolute Gasteiger partial charge is 0.269 e. The molecule has 0 spiro atoms. The van der Waals surface area contributed by atoms with E-state index < -0.39 is 4.92 Å². The highest BCUT2D eigenvalue weighted by molar-refractivity contribution is 6.05. The lowest BCUT2D eigenvalue weighted by Gasteiger charge is -2.13. The normalized spacial score (nSPS) is 10.4. The van der Waals surface area contributed by atoms with E-state index in [0.717, 1.165) is 0 Å². The Morgan fingerprint density at radius 2 is 1.83 bits per heavy atom. The van der Waals surface area contributed by atoms with Crippen molar-refractivity contribution in [2.75, 3.05) is 11.9 Å². The van der Waals surface area contributed by atoms with E-state index in [0.29, 0.717) is 29.5 Å². The Labute approximate surface area is 134 Å². The van der Waals surface area contributed by atoms with E-state index in [2.05, 4.69) is 5.32 Å².